The van der Waals surface area contributed by atoms with Gasteiger partial charge in [0.1, 0.15) is 17.2 Å². The van der Waals surface area contributed by atoms with Crippen LogP contribution in [-0.2, 0) is 0 Å². The molecule has 92 valence electrons. The second kappa shape index (κ2) is 4.83. The zero-order valence-corrected chi connectivity index (χ0v) is 9.90. The molecule has 2 rings (SSSR count). The topological polar surface area (TPSA) is 54.4 Å². The molecule has 1 unspecified atom stereocenters. The molecule has 5 heteroatoms. The van der Waals surface area contributed by atoms with Crippen molar-refractivity contribution in [2.24, 2.45) is 5.84 Å². The van der Waals surface area contributed by atoms with Gasteiger partial charge in [-0.1, -0.05) is 0 Å². The highest BCUT2D eigenvalue weighted by molar-refractivity contribution is 5.78. The molecule has 0 aliphatic heterocycles. The SMILES string of the molecule is CN(C)CC(NN)c1cc2cc(F)ccc2o1. The lowest BCUT2D eigenvalue weighted by Gasteiger charge is -2.17. The van der Waals surface area contributed by atoms with Crippen molar-refractivity contribution >= 4 is 11.0 Å². The van der Waals surface area contributed by atoms with Gasteiger partial charge < -0.3 is 9.32 Å². The van der Waals surface area contributed by atoms with Crippen molar-refractivity contribution in [3.05, 3.63) is 35.8 Å². The molecule has 0 spiro atoms. The summed E-state index contributed by atoms with van der Waals surface area (Å²) in [4.78, 5) is 2.00. The minimum absolute atomic E-state index is 0.111. The first-order chi connectivity index (χ1) is 8.10. The number of nitrogens with two attached hydrogens (primary N) is 1. The van der Waals surface area contributed by atoms with Crippen LogP contribution in [0.1, 0.15) is 11.8 Å². The van der Waals surface area contributed by atoms with E-state index in [0.717, 1.165) is 5.39 Å². The maximum atomic E-state index is 13.0. The minimum Gasteiger partial charge on any atom is -0.459 e. The van der Waals surface area contributed by atoms with E-state index in [-0.39, 0.29) is 11.9 Å². The number of hydrazine groups is 1. The number of benzene rings is 1. The van der Waals surface area contributed by atoms with Crippen molar-refractivity contribution < 1.29 is 8.81 Å². The van der Waals surface area contributed by atoms with Crippen molar-refractivity contribution in [2.45, 2.75) is 6.04 Å². The Balaban J connectivity index is 2.34. The number of rotatable bonds is 4. The van der Waals surface area contributed by atoms with Gasteiger partial charge in [0.25, 0.3) is 0 Å². The van der Waals surface area contributed by atoms with Crippen LogP contribution in [0.2, 0.25) is 0 Å². The molecule has 0 radical (unpaired) electrons. The Labute approximate surface area is 99.2 Å². The lowest BCUT2D eigenvalue weighted by molar-refractivity contribution is 0.316. The molecular weight excluding hydrogens is 221 g/mol. The summed E-state index contributed by atoms with van der Waals surface area (Å²) in [6, 6.07) is 6.16. The predicted octanol–water partition coefficient (Wildman–Crippen LogP) is 1.64. The number of furan rings is 1. The fraction of sp³-hybridized carbons (Fsp3) is 0.333. The number of nitrogens with one attached hydrogen (secondary N) is 1. The summed E-state index contributed by atoms with van der Waals surface area (Å²) in [6.07, 6.45) is 0. The lowest BCUT2D eigenvalue weighted by Crippen LogP contribution is -2.35. The average Bonchev–Trinajstić information content (AvgIpc) is 2.68. The summed E-state index contributed by atoms with van der Waals surface area (Å²) in [5.74, 6) is 5.94. The van der Waals surface area contributed by atoms with Crippen LogP contribution in [0, 0.1) is 5.82 Å². The summed E-state index contributed by atoms with van der Waals surface area (Å²) >= 11 is 0. The summed E-state index contributed by atoms with van der Waals surface area (Å²) in [5, 5.41) is 0.749. The molecule has 0 amide bonds. The fourth-order valence-corrected chi connectivity index (χ4v) is 1.80. The predicted molar refractivity (Wildman–Crippen MR) is 64.8 cm³/mol. The zero-order chi connectivity index (χ0) is 12.4. The molecule has 0 saturated carbocycles. The van der Waals surface area contributed by atoms with Crippen molar-refractivity contribution in [2.75, 3.05) is 20.6 Å². The van der Waals surface area contributed by atoms with Crippen molar-refractivity contribution in [3.63, 3.8) is 0 Å². The van der Waals surface area contributed by atoms with Crippen molar-refractivity contribution in [1.82, 2.24) is 10.3 Å². The molecule has 4 nitrogen and oxygen atoms in total. The molecule has 0 fully saturated rings. The number of fused-ring (bicyclic) bond motifs is 1. The van der Waals surface area contributed by atoms with E-state index >= 15 is 0 Å². The van der Waals surface area contributed by atoms with E-state index in [1.807, 2.05) is 25.1 Å². The maximum absolute atomic E-state index is 13.0. The van der Waals surface area contributed by atoms with E-state index < -0.39 is 0 Å². The van der Waals surface area contributed by atoms with E-state index in [2.05, 4.69) is 5.43 Å². The first kappa shape index (κ1) is 12.0. The van der Waals surface area contributed by atoms with Gasteiger partial charge in [-0.05, 0) is 38.4 Å². The first-order valence-electron chi connectivity index (χ1n) is 5.40. The minimum atomic E-state index is -0.269. The Morgan fingerprint density at radius 3 is 2.82 bits per heavy atom. The van der Waals surface area contributed by atoms with Gasteiger partial charge in [-0.2, -0.15) is 0 Å². The first-order valence-corrected chi connectivity index (χ1v) is 5.40. The second-order valence-corrected chi connectivity index (χ2v) is 4.31. The zero-order valence-electron chi connectivity index (χ0n) is 9.90. The number of hydrogen-bond acceptors (Lipinski definition) is 4. The Morgan fingerprint density at radius 2 is 2.18 bits per heavy atom. The van der Waals surface area contributed by atoms with E-state index in [1.54, 1.807) is 6.07 Å². The van der Waals surface area contributed by atoms with E-state index in [9.17, 15) is 4.39 Å². The Bertz CT molecular complexity index is 509. The van der Waals surface area contributed by atoms with Crippen molar-refractivity contribution in [3.8, 4) is 0 Å². The van der Waals surface area contributed by atoms with Crippen LogP contribution in [0.25, 0.3) is 11.0 Å². The van der Waals surface area contributed by atoms with Gasteiger partial charge in [-0.25, -0.2) is 9.82 Å². The summed E-state index contributed by atoms with van der Waals surface area (Å²) < 4.78 is 18.7. The molecule has 1 atom stereocenters. The average molecular weight is 237 g/mol. The van der Waals surface area contributed by atoms with Crippen LogP contribution in [0.4, 0.5) is 4.39 Å². The third kappa shape index (κ3) is 2.63. The monoisotopic (exact) mass is 237 g/mol. The van der Waals surface area contributed by atoms with Gasteiger partial charge >= 0.3 is 0 Å². The van der Waals surface area contributed by atoms with E-state index in [1.165, 1.54) is 12.1 Å². The molecule has 3 N–H and O–H groups in total. The van der Waals surface area contributed by atoms with E-state index in [4.69, 9.17) is 10.3 Å². The molecule has 17 heavy (non-hydrogen) atoms. The van der Waals surface area contributed by atoms with Gasteiger partial charge in [-0.3, -0.25) is 5.84 Å². The molecule has 2 aromatic rings. The van der Waals surface area contributed by atoms with E-state index in [0.29, 0.717) is 17.9 Å². The molecule has 1 aromatic carbocycles. The van der Waals surface area contributed by atoms with Gasteiger partial charge in [0, 0.05) is 11.9 Å². The third-order valence-electron chi connectivity index (χ3n) is 2.59. The molecule has 0 aliphatic carbocycles. The molecule has 0 aliphatic rings. The van der Waals surface area contributed by atoms with Crippen molar-refractivity contribution in [1.29, 1.82) is 0 Å². The second-order valence-electron chi connectivity index (χ2n) is 4.31. The summed E-state index contributed by atoms with van der Waals surface area (Å²) in [6.45, 7) is 0.707. The smallest absolute Gasteiger partial charge is 0.134 e. The number of likely N-dealkylation sites (N-methyl/N-ethyl adjacent to an activating group) is 1. The third-order valence-corrected chi connectivity index (χ3v) is 2.59. The maximum Gasteiger partial charge on any atom is 0.134 e. The number of nitrogens with zero attached hydrogens (tertiary/aromatic N) is 1. The Morgan fingerprint density at radius 1 is 1.41 bits per heavy atom. The van der Waals surface area contributed by atoms with Crippen LogP contribution in [0.3, 0.4) is 0 Å². The Kier molecular flexibility index (Phi) is 3.42. The largest absolute Gasteiger partial charge is 0.459 e. The molecule has 0 saturated heterocycles. The molecular formula is C12H16FN3O. The van der Waals surface area contributed by atoms with Crippen LogP contribution in [0.5, 0.6) is 0 Å². The highest BCUT2D eigenvalue weighted by Gasteiger charge is 2.15. The lowest BCUT2D eigenvalue weighted by atomic mass is 10.2. The van der Waals surface area contributed by atoms with Gasteiger partial charge in [-0.15, -0.1) is 0 Å². The quantitative estimate of drug-likeness (QED) is 0.627. The highest BCUT2D eigenvalue weighted by Crippen LogP contribution is 2.24. The van der Waals surface area contributed by atoms with Crippen LogP contribution >= 0.6 is 0 Å². The normalized spacial score (nSPS) is 13.5. The molecule has 1 aromatic heterocycles. The summed E-state index contributed by atoms with van der Waals surface area (Å²) in [7, 11) is 3.90. The molecule has 0 bridgehead atoms. The standard InChI is InChI=1S/C12H16FN3O/c1-16(2)7-10(15-14)12-6-8-5-9(13)3-4-11(8)17-12/h3-6,10,15H,7,14H2,1-2H3. The van der Waals surface area contributed by atoms with Crippen LogP contribution < -0.4 is 11.3 Å². The number of hydrogen-bond donors (Lipinski definition) is 2. The summed E-state index contributed by atoms with van der Waals surface area (Å²) in [5.41, 5.74) is 3.36. The highest BCUT2D eigenvalue weighted by atomic mass is 19.1. The number of halogens is 1. The van der Waals surface area contributed by atoms with Gasteiger partial charge in [0.2, 0.25) is 0 Å². The van der Waals surface area contributed by atoms with Crippen LogP contribution in [0.15, 0.2) is 28.7 Å². The van der Waals surface area contributed by atoms with Gasteiger partial charge in [0.15, 0.2) is 0 Å². The van der Waals surface area contributed by atoms with Gasteiger partial charge in [0.05, 0.1) is 6.04 Å². The fourth-order valence-electron chi connectivity index (χ4n) is 1.80. The Hall–Kier alpha value is -1.43. The molecule has 1 heterocycles. The van der Waals surface area contributed by atoms with Crippen LogP contribution in [-0.4, -0.2) is 25.5 Å².